The summed E-state index contributed by atoms with van der Waals surface area (Å²) in [5.74, 6) is 0.0110. The average molecular weight is 389 g/mol. The van der Waals surface area contributed by atoms with Crippen molar-refractivity contribution in [1.82, 2.24) is 0 Å². The molecule has 1 fully saturated rings. The Morgan fingerprint density at radius 1 is 1.07 bits per heavy atom. The monoisotopic (exact) mass is 388 g/mol. The van der Waals surface area contributed by atoms with Gasteiger partial charge in [-0.3, -0.25) is 4.18 Å². The maximum absolute atomic E-state index is 12.4. The van der Waals surface area contributed by atoms with Crippen LogP contribution in [-0.2, 0) is 14.3 Å². The summed E-state index contributed by atoms with van der Waals surface area (Å²) in [5.41, 5.74) is 2.35. The maximum Gasteiger partial charge on any atom is 0.296 e. The lowest BCUT2D eigenvalue weighted by Crippen LogP contribution is -2.40. The predicted molar refractivity (Wildman–Crippen MR) is 106 cm³/mol. The molecule has 0 spiro atoms. The largest absolute Gasteiger partial charge is 0.389 e. The SMILES string of the molecule is Cc1ccc(S(=O)(=O)OCCC2(O)CCCCC2c2cccc(C)c2)cc1. The second-order valence-electron chi connectivity index (χ2n) is 7.66. The Kier molecular flexibility index (Phi) is 6.04. The molecule has 2 aromatic carbocycles. The first-order chi connectivity index (χ1) is 12.8. The van der Waals surface area contributed by atoms with Gasteiger partial charge in [0.2, 0.25) is 0 Å². The molecule has 4 nitrogen and oxygen atoms in total. The van der Waals surface area contributed by atoms with Gasteiger partial charge in [0.1, 0.15) is 0 Å². The number of aliphatic hydroxyl groups is 1. The van der Waals surface area contributed by atoms with E-state index in [2.05, 4.69) is 12.1 Å². The highest BCUT2D eigenvalue weighted by Gasteiger charge is 2.39. The lowest BCUT2D eigenvalue weighted by atomic mass is 9.70. The van der Waals surface area contributed by atoms with Gasteiger partial charge < -0.3 is 5.11 Å². The van der Waals surface area contributed by atoms with Crippen molar-refractivity contribution >= 4 is 10.1 Å². The van der Waals surface area contributed by atoms with Crippen LogP contribution in [0.15, 0.2) is 53.4 Å². The number of aryl methyl sites for hydroxylation is 2. The fraction of sp³-hybridized carbons (Fsp3) is 0.455. The van der Waals surface area contributed by atoms with Gasteiger partial charge in [0.05, 0.1) is 17.1 Å². The van der Waals surface area contributed by atoms with Crippen LogP contribution in [0.2, 0.25) is 0 Å². The Morgan fingerprint density at radius 2 is 1.81 bits per heavy atom. The van der Waals surface area contributed by atoms with Crippen LogP contribution in [0, 0.1) is 13.8 Å². The zero-order valence-electron chi connectivity index (χ0n) is 16.0. The standard InChI is InChI=1S/C22H28O4S/c1-17-9-11-20(12-10-17)27(24,25)26-15-14-22(23)13-4-3-8-21(22)19-7-5-6-18(2)16-19/h5-7,9-12,16,21,23H,3-4,8,13-15H2,1-2H3. The zero-order chi connectivity index (χ0) is 19.5. The predicted octanol–water partition coefficient (Wildman–Crippen LogP) is 4.49. The molecule has 27 heavy (non-hydrogen) atoms. The van der Waals surface area contributed by atoms with Crippen molar-refractivity contribution in [3.05, 3.63) is 65.2 Å². The van der Waals surface area contributed by atoms with Gasteiger partial charge in [-0.1, -0.05) is 60.4 Å². The number of rotatable bonds is 6. The van der Waals surface area contributed by atoms with Crippen LogP contribution in [0.5, 0.6) is 0 Å². The van der Waals surface area contributed by atoms with Crippen molar-refractivity contribution < 1.29 is 17.7 Å². The highest BCUT2D eigenvalue weighted by Crippen LogP contribution is 2.43. The zero-order valence-corrected chi connectivity index (χ0v) is 16.8. The van der Waals surface area contributed by atoms with Gasteiger partial charge in [-0.05, 0) is 44.4 Å². The van der Waals surface area contributed by atoms with Crippen LogP contribution in [0.4, 0.5) is 0 Å². The Labute approximate surface area is 162 Å². The minimum absolute atomic E-state index is 0.0110. The molecule has 0 amide bonds. The first-order valence-corrected chi connectivity index (χ1v) is 11.0. The van der Waals surface area contributed by atoms with E-state index in [4.69, 9.17) is 4.18 Å². The Morgan fingerprint density at radius 3 is 2.52 bits per heavy atom. The third kappa shape index (κ3) is 4.78. The number of hydrogen-bond acceptors (Lipinski definition) is 4. The number of benzene rings is 2. The summed E-state index contributed by atoms with van der Waals surface area (Å²) < 4.78 is 30.0. The highest BCUT2D eigenvalue weighted by atomic mass is 32.2. The van der Waals surface area contributed by atoms with Crippen LogP contribution in [0.3, 0.4) is 0 Å². The summed E-state index contributed by atoms with van der Waals surface area (Å²) in [5, 5.41) is 11.3. The first kappa shape index (κ1) is 20.1. The molecule has 2 unspecified atom stereocenters. The van der Waals surface area contributed by atoms with Crippen molar-refractivity contribution in [2.45, 2.75) is 62.4 Å². The molecule has 2 aromatic rings. The molecule has 0 saturated heterocycles. The van der Waals surface area contributed by atoms with E-state index in [1.807, 2.05) is 26.0 Å². The second kappa shape index (κ2) is 8.13. The van der Waals surface area contributed by atoms with Gasteiger partial charge in [-0.15, -0.1) is 0 Å². The third-order valence-electron chi connectivity index (χ3n) is 5.53. The van der Waals surface area contributed by atoms with Gasteiger partial charge in [0.15, 0.2) is 0 Å². The van der Waals surface area contributed by atoms with Gasteiger partial charge >= 0.3 is 0 Å². The topological polar surface area (TPSA) is 63.6 Å². The number of hydrogen-bond donors (Lipinski definition) is 1. The molecular weight excluding hydrogens is 360 g/mol. The molecule has 1 saturated carbocycles. The summed E-state index contributed by atoms with van der Waals surface area (Å²) in [6.45, 7) is 3.93. The quantitative estimate of drug-likeness (QED) is 0.741. The fourth-order valence-corrected chi connectivity index (χ4v) is 4.89. The normalized spacial score (nSPS) is 23.3. The Balaban J connectivity index is 1.70. The van der Waals surface area contributed by atoms with Crippen LogP contribution < -0.4 is 0 Å². The van der Waals surface area contributed by atoms with E-state index >= 15 is 0 Å². The van der Waals surface area contributed by atoms with E-state index in [9.17, 15) is 13.5 Å². The summed E-state index contributed by atoms with van der Waals surface area (Å²) in [4.78, 5) is 0.152. The van der Waals surface area contributed by atoms with Gasteiger partial charge in [-0.25, -0.2) is 0 Å². The van der Waals surface area contributed by atoms with E-state index < -0.39 is 15.7 Å². The fourth-order valence-electron chi connectivity index (χ4n) is 3.99. The molecule has 1 N–H and O–H groups in total. The van der Waals surface area contributed by atoms with E-state index in [0.29, 0.717) is 12.8 Å². The van der Waals surface area contributed by atoms with Crippen LogP contribution >= 0.6 is 0 Å². The molecule has 5 heteroatoms. The molecule has 1 aliphatic carbocycles. The van der Waals surface area contributed by atoms with E-state index in [-0.39, 0.29) is 17.4 Å². The average Bonchev–Trinajstić information content (AvgIpc) is 2.62. The lowest BCUT2D eigenvalue weighted by Gasteiger charge is -2.40. The van der Waals surface area contributed by atoms with Gasteiger partial charge in [0, 0.05) is 12.3 Å². The Bertz CT molecular complexity index is 873. The van der Waals surface area contributed by atoms with E-state index in [1.54, 1.807) is 24.3 Å². The molecule has 0 radical (unpaired) electrons. The molecular formula is C22H28O4S. The molecule has 3 rings (SSSR count). The lowest BCUT2D eigenvalue weighted by molar-refractivity contribution is -0.0325. The molecule has 0 bridgehead atoms. The van der Waals surface area contributed by atoms with E-state index in [0.717, 1.165) is 30.4 Å². The summed E-state index contributed by atoms with van der Waals surface area (Å²) in [7, 11) is -3.80. The van der Waals surface area contributed by atoms with Crippen molar-refractivity contribution in [2.24, 2.45) is 0 Å². The highest BCUT2D eigenvalue weighted by molar-refractivity contribution is 7.86. The second-order valence-corrected chi connectivity index (χ2v) is 9.27. The van der Waals surface area contributed by atoms with Crippen molar-refractivity contribution in [1.29, 1.82) is 0 Å². The van der Waals surface area contributed by atoms with Crippen LogP contribution in [-0.4, -0.2) is 25.7 Å². The maximum atomic E-state index is 12.4. The molecule has 0 aromatic heterocycles. The van der Waals surface area contributed by atoms with Crippen LogP contribution in [0.1, 0.15) is 54.7 Å². The molecule has 1 aliphatic rings. The summed E-state index contributed by atoms with van der Waals surface area (Å²) in [6.07, 6.45) is 3.90. The van der Waals surface area contributed by atoms with Crippen LogP contribution in [0.25, 0.3) is 0 Å². The molecule has 146 valence electrons. The summed E-state index contributed by atoms with van der Waals surface area (Å²) >= 11 is 0. The minimum atomic E-state index is -3.80. The smallest absolute Gasteiger partial charge is 0.296 e. The van der Waals surface area contributed by atoms with Gasteiger partial charge in [-0.2, -0.15) is 8.42 Å². The van der Waals surface area contributed by atoms with Crippen molar-refractivity contribution in [3.63, 3.8) is 0 Å². The minimum Gasteiger partial charge on any atom is -0.389 e. The van der Waals surface area contributed by atoms with Crippen molar-refractivity contribution in [2.75, 3.05) is 6.61 Å². The Hall–Kier alpha value is -1.69. The molecule has 0 heterocycles. The molecule has 0 aliphatic heterocycles. The first-order valence-electron chi connectivity index (χ1n) is 9.55. The molecule has 2 atom stereocenters. The summed E-state index contributed by atoms with van der Waals surface area (Å²) in [6, 6.07) is 14.8. The van der Waals surface area contributed by atoms with E-state index in [1.165, 1.54) is 5.56 Å². The third-order valence-corrected chi connectivity index (χ3v) is 6.86. The van der Waals surface area contributed by atoms with Gasteiger partial charge in [0.25, 0.3) is 10.1 Å². The van der Waals surface area contributed by atoms with Crippen molar-refractivity contribution in [3.8, 4) is 0 Å².